The minimum Gasteiger partial charge on any atom is -0.444 e. The Labute approximate surface area is 216 Å². The van der Waals surface area contributed by atoms with E-state index in [0.717, 1.165) is 55.2 Å². The van der Waals surface area contributed by atoms with Crippen molar-refractivity contribution in [1.82, 2.24) is 15.5 Å². The average molecular weight is 500 g/mol. The first-order valence-electron chi connectivity index (χ1n) is 13.6. The maximum atomic E-state index is 14.2. The molecule has 0 bridgehead atoms. The molecule has 2 atom stereocenters. The third kappa shape index (κ3) is 7.47. The van der Waals surface area contributed by atoms with Gasteiger partial charge < -0.3 is 20.3 Å². The third-order valence-corrected chi connectivity index (χ3v) is 7.01. The molecule has 7 heteroatoms. The topological polar surface area (TPSA) is 87.7 Å². The van der Waals surface area contributed by atoms with Crippen LogP contribution in [-0.4, -0.2) is 46.5 Å². The molecule has 1 aromatic carbocycles. The van der Waals surface area contributed by atoms with Gasteiger partial charge in [-0.05, 0) is 77.3 Å². The summed E-state index contributed by atoms with van der Waals surface area (Å²) in [5.41, 5.74) is 2.19. The summed E-state index contributed by atoms with van der Waals surface area (Å²) in [7, 11) is 0. The van der Waals surface area contributed by atoms with Crippen molar-refractivity contribution in [3.8, 4) is 0 Å². The summed E-state index contributed by atoms with van der Waals surface area (Å²) in [6, 6.07) is 4.63. The minimum atomic E-state index is -0.796. The average Bonchev–Trinajstić information content (AvgIpc) is 3.61. The quantitative estimate of drug-likeness (QED) is 0.506. The van der Waals surface area contributed by atoms with Crippen LogP contribution in [0.2, 0.25) is 0 Å². The molecular formula is C29H45N3O4. The van der Waals surface area contributed by atoms with Crippen molar-refractivity contribution in [3.63, 3.8) is 0 Å². The monoisotopic (exact) mass is 499 g/mol. The van der Waals surface area contributed by atoms with E-state index in [1.54, 1.807) is 25.7 Å². The fourth-order valence-corrected chi connectivity index (χ4v) is 4.98. The van der Waals surface area contributed by atoms with Crippen LogP contribution < -0.4 is 10.6 Å². The van der Waals surface area contributed by atoms with Crippen LogP contribution in [0.25, 0.3) is 0 Å². The van der Waals surface area contributed by atoms with Crippen molar-refractivity contribution >= 4 is 17.9 Å². The van der Waals surface area contributed by atoms with Crippen molar-refractivity contribution in [1.29, 1.82) is 0 Å². The summed E-state index contributed by atoms with van der Waals surface area (Å²) in [6.45, 7) is 13.2. The molecule has 36 heavy (non-hydrogen) atoms. The van der Waals surface area contributed by atoms with Gasteiger partial charge >= 0.3 is 6.09 Å². The summed E-state index contributed by atoms with van der Waals surface area (Å²) in [6.07, 6.45) is 6.43. The van der Waals surface area contributed by atoms with Crippen molar-refractivity contribution < 1.29 is 19.1 Å². The van der Waals surface area contributed by atoms with E-state index >= 15 is 0 Å². The number of nitrogens with one attached hydrogen (secondary N) is 2. The highest BCUT2D eigenvalue weighted by Gasteiger charge is 2.45. The Balaban J connectivity index is 1.96. The predicted octanol–water partition coefficient (Wildman–Crippen LogP) is 5.33. The number of rotatable bonds is 8. The van der Waals surface area contributed by atoms with E-state index in [2.05, 4.69) is 10.6 Å². The van der Waals surface area contributed by atoms with Crippen molar-refractivity contribution in [2.45, 2.75) is 123 Å². The van der Waals surface area contributed by atoms with Crippen LogP contribution in [0.15, 0.2) is 18.2 Å². The molecule has 2 saturated carbocycles. The fraction of sp³-hybridized carbons (Fsp3) is 0.690. The molecule has 2 unspecified atom stereocenters. The molecule has 1 aromatic rings. The second-order valence-corrected chi connectivity index (χ2v) is 12.0. The number of amides is 3. The largest absolute Gasteiger partial charge is 0.444 e. The molecule has 0 radical (unpaired) electrons. The maximum Gasteiger partial charge on any atom is 0.408 e. The number of carbonyl (C=O) groups excluding carboxylic acids is 3. The zero-order valence-corrected chi connectivity index (χ0v) is 23.1. The summed E-state index contributed by atoms with van der Waals surface area (Å²) >= 11 is 0. The Morgan fingerprint density at radius 3 is 2.19 bits per heavy atom. The molecule has 0 aliphatic heterocycles. The molecule has 0 spiro atoms. The molecule has 0 heterocycles. The van der Waals surface area contributed by atoms with Gasteiger partial charge in [0.2, 0.25) is 11.8 Å². The van der Waals surface area contributed by atoms with Gasteiger partial charge in [0.25, 0.3) is 0 Å². The van der Waals surface area contributed by atoms with Crippen LogP contribution in [0.4, 0.5) is 4.79 Å². The van der Waals surface area contributed by atoms with Gasteiger partial charge in [-0.15, -0.1) is 0 Å². The number of alkyl carbamates (subject to hydrolysis) is 1. The Morgan fingerprint density at radius 2 is 1.64 bits per heavy atom. The highest BCUT2D eigenvalue weighted by atomic mass is 16.6. The second-order valence-electron chi connectivity index (χ2n) is 12.0. The summed E-state index contributed by atoms with van der Waals surface area (Å²) < 4.78 is 5.45. The smallest absolute Gasteiger partial charge is 0.408 e. The van der Waals surface area contributed by atoms with Gasteiger partial charge in [-0.25, -0.2) is 4.79 Å². The van der Waals surface area contributed by atoms with Gasteiger partial charge in [-0.3, -0.25) is 9.59 Å². The van der Waals surface area contributed by atoms with Crippen molar-refractivity contribution in [3.05, 3.63) is 34.9 Å². The van der Waals surface area contributed by atoms with Crippen LogP contribution in [0.1, 0.15) is 102 Å². The van der Waals surface area contributed by atoms with E-state index in [1.807, 2.05) is 45.9 Å². The highest BCUT2D eigenvalue weighted by Crippen LogP contribution is 2.37. The summed E-state index contributed by atoms with van der Waals surface area (Å²) in [5, 5.41) is 6.08. The van der Waals surface area contributed by atoms with Gasteiger partial charge in [0.05, 0.1) is 0 Å². The molecule has 7 nitrogen and oxygen atoms in total. The summed E-state index contributed by atoms with van der Waals surface area (Å²) in [5.74, 6) is -0.536. The van der Waals surface area contributed by atoms with Gasteiger partial charge in [0, 0.05) is 12.1 Å². The van der Waals surface area contributed by atoms with E-state index in [4.69, 9.17) is 4.74 Å². The first-order valence-corrected chi connectivity index (χ1v) is 13.6. The minimum absolute atomic E-state index is 0.0267. The molecule has 2 aliphatic carbocycles. The number of ether oxygens (including phenoxy) is 1. The Bertz CT molecular complexity index is 942. The van der Waals surface area contributed by atoms with E-state index in [9.17, 15) is 14.4 Å². The number of hydrogen-bond acceptors (Lipinski definition) is 4. The molecule has 2 aliphatic rings. The van der Waals surface area contributed by atoms with Crippen molar-refractivity contribution in [2.24, 2.45) is 5.92 Å². The Morgan fingerprint density at radius 1 is 1.00 bits per heavy atom. The number of nitrogens with zero attached hydrogens (tertiary/aromatic N) is 1. The van der Waals surface area contributed by atoms with Crippen molar-refractivity contribution in [2.75, 3.05) is 0 Å². The molecule has 0 saturated heterocycles. The lowest BCUT2D eigenvalue weighted by Crippen LogP contribution is -2.56. The number of benzene rings is 1. The van der Waals surface area contributed by atoms with Crippen LogP contribution in [0, 0.1) is 19.8 Å². The first-order chi connectivity index (χ1) is 16.9. The van der Waals surface area contributed by atoms with Crippen LogP contribution in [0.3, 0.4) is 0 Å². The van der Waals surface area contributed by atoms with E-state index < -0.39 is 23.8 Å². The lowest BCUT2D eigenvalue weighted by atomic mass is 9.92. The zero-order chi connectivity index (χ0) is 26.6. The maximum absolute atomic E-state index is 14.2. The number of carbonyl (C=O) groups is 3. The lowest BCUT2D eigenvalue weighted by molar-refractivity contribution is -0.144. The Hall–Kier alpha value is -2.57. The Kier molecular flexibility index (Phi) is 9.07. The number of aryl methyl sites for hydroxylation is 2. The molecule has 200 valence electrons. The van der Waals surface area contributed by atoms with Crippen LogP contribution in [0.5, 0.6) is 0 Å². The SMILES string of the molecule is Cc1ccc(C)c(C(C(=O)NC2CCCCC2)N(C(=O)C(NC(=O)OC(C)(C)C)C(C)C)C2CC2)c1. The van der Waals surface area contributed by atoms with E-state index in [-0.39, 0.29) is 29.8 Å². The van der Waals surface area contributed by atoms with E-state index in [1.165, 1.54) is 6.42 Å². The summed E-state index contributed by atoms with van der Waals surface area (Å²) in [4.78, 5) is 42.5. The zero-order valence-electron chi connectivity index (χ0n) is 23.1. The fourth-order valence-electron chi connectivity index (χ4n) is 4.98. The number of hydrogen-bond donors (Lipinski definition) is 2. The highest BCUT2D eigenvalue weighted by molar-refractivity contribution is 5.93. The molecular weight excluding hydrogens is 454 g/mol. The normalized spacial score (nSPS) is 18.3. The predicted molar refractivity (Wildman–Crippen MR) is 142 cm³/mol. The van der Waals surface area contributed by atoms with Crippen LogP contribution in [-0.2, 0) is 14.3 Å². The van der Waals surface area contributed by atoms with Crippen LogP contribution >= 0.6 is 0 Å². The van der Waals surface area contributed by atoms with E-state index in [0.29, 0.717) is 0 Å². The molecule has 2 N–H and O–H groups in total. The molecule has 0 aromatic heterocycles. The first kappa shape index (κ1) is 28.0. The van der Waals surface area contributed by atoms with Gasteiger partial charge in [-0.2, -0.15) is 0 Å². The second kappa shape index (κ2) is 11.7. The molecule has 2 fully saturated rings. The third-order valence-electron chi connectivity index (χ3n) is 7.01. The molecule has 3 amide bonds. The standard InChI is InChI=1S/C29H45N3O4/c1-18(2)24(31-28(35)36-29(5,6)7)27(34)32(22-15-16-22)25(23-17-19(3)13-14-20(23)4)26(33)30-21-11-9-8-10-12-21/h13-14,17-18,21-22,24-25H,8-12,15-16H2,1-7H3,(H,30,33)(H,31,35). The molecule has 3 rings (SSSR count). The lowest BCUT2D eigenvalue weighted by Gasteiger charge is -2.37. The van der Waals surface area contributed by atoms with Gasteiger partial charge in [0.1, 0.15) is 17.7 Å². The van der Waals surface area contributed by atoms with Gasteiger partial charge in [0.15, 0.2) is 0 Å². The van der Waals surface area contributed by atoms with Gasteiger partial charge in [-0.1, -0.05) is 56.9 Å².